The van der Waals surface area contributed by atoms with Gasteiger partial charge in [0.25, 0.3) is 0 Å². The zero-order valence-electron chi connectivity index (χ0n) is 8.90. The van der Waals surface area contributed by atoms with Crippen molar-refractivity contribution >= 4 is 11.8 Å². The van der Waals surface area contributed by atoms with Crippen LogP contribution >= 0.6 is 0 Å². The van der Waals surface area contributed by atoms with Gasteiger partial charge in [0.1, 0.15) is 11.7 Å². The normalized spacial score (nSPS) is 18.8. The van der Waals surface area contributed by atoms with Gasteiger partial charge in [-0.1, -0.05) is 0 Å². The van der Waals surface area contributed by atoms with Crippen molar-refractivity contribution in [3.05, 3.63) is 22.6 Å². The molecule has 0 unspecified atom stereocenters. The van der Waals surface area contributed by atoms with E-state index in [4.69, 9.17) is 4.74 Å². The first kappa shape index (κ1) is 11.5. The molecule has 92 valence electrons. The maximum absolute atomic E-state index is 11.4. The molecule has 0 aromatic carbocycles. The third-order valence-corrected chi connectivity index (χ3v) is 2.97. The molecule has 2 heterocycles. The van der Waals surface area contributed by atoms with E-state index < -0.39 is 16.4 Å². The van der Waals surface area contributed by atoms with Crippen molar-refractivity contribution < 1.29 is 19.6 Å². The molecule has 17 heavy (non-hydrogen) atoms. The lowest BCUT2D eigenvalue weighted by Crippen LogP contribution is -2.45. The van der Waals surface area contributed by atoms with Crippen molar-refractivity contribution in [1.82, 2.24) is 9.55 Å². The van der Waals surface area contributed by atoms with E-state index in [1.165, 1.54) is 10.9 Å². The number of carbonyl (C=O) groups is 1. The second-order valence-corrected chi connectivity index (χ2v) is 3.85. The van der Waals surface area contributed by atoms with E-state index in [-0.39, 0.29) is 18.7 Å². The zero-order valence-corrected chi connectivity index (χ0v) is 8.90. The highest BCUT2D eigenvalue weighted by Gasteiger charge is 2.43. The number of aliphatic carboxylic acids is 1. The Bertz CT molecular complexity index is 449. The average Bonchev–Trinajstić information content (AvgIpc) is 2.79. The molecule has 0 atom stereocenters. The molecular formula is C9H11N3O5. The van der Waals surface area contributed by atoms with Crippen LogP contribution < -0.4 is 0 Å². The highest BCUT2D eigenvalue weighted by Crippen LogP contribution is 2.30. The van der Waals surface area contributed by atoms with Gasteiger partial charge in [-0.25, -0.2) is 4.79 Å². The molecule has 1 aromatic rings. The van der Waals surface area contributed by atoms with Crippen LogP contribution in [0.1, 0.15) is 12.8 Å². The summed E-state index contributed by atoms with van der Waals surface area (Å²) in [5.74, 6) is -1.37. The van der Waals surface area contributed by atoms with E-state index >= 15 is 0 Å². The van der Waals surface area contributed by atoms with Gasteiger partial charge in [-0.15, -0.1) is 0 Å². The summed E-state index contributed by atoms with van der Waals surface area (Å²) in [5, 5.41) is 19.8. The lowest BCUT2D eigenvalue weighted by molar-refractivity contribution is -0.389. The van der Waals surface area contributed by atoms with Gasteiger partial charge in [-0.2, -0.15) is 0 Å². The average molecular weight is 241 g/mol. The molecule has 0 saturated carbocycles. The molecule has 8 nitrogen and oxygen atoms in total. The minimum atomic E-state index is -1.18. The fourth-order valence-corrected chi connectivity index (χ4v) is 1.93. The number of carboxylic acid groups (broad SMARTS) is 1. The lowest BCUT2D eigenvalue weighted by Gasteiger charge is -2.33. The smallest absolute Gasteiger partial charge is 0.381 e. The zero-order chi connectivity index (χ0) is 12.5. The van der Waals surface area contributed by atoms with Gasteiger partial charge in [-0.3, -0.25) is 4.57 Å². The molecule has 1 aromatic heterocycles. The van der Waals surface area contributed by atoms with Gasteiger partial charge < -0.3 is 20.0 Å². The molecule has 1 aliphatic heterocycles. The topological polar surface area (TPSA) is 107 Å². The van der Waals surface area contributed by atoms with Crippen molar-refractivity contribution in [3.8, 4) is 0 Å². The fourth-order valence-electron chi connectivity index (χ4n) is 1.93. The SMILES string of the molecule is O=C(O)C1(n2cnc([N+](=O)[O-])c2)CCOCC1. The molecule has 1 aliphatic rings. The number of aromatic nitrogens is 2. The number of rotatable bonds is 3. The Balaban J connectivity index is 2.38. The van der Waals surface area contributed by atoms with Gasteiger partial charge in [0.15, 0.2) is 0 Å². The third-order valence-electron chi connectivity index (χ3n) is 2.97. The number of imidazole rings is 1. The number of nitrogens with zero attached hydrogens (tertiary/aromatic N) is 3. The van der Waals surface area contributed by atoms with Gasteiger partial charge in [-0.05, 0) is 9.91 Å². The first-order chi connectivity index (χ1) is 8.06. The fraction of sp³-hybridized carbons (Fsp3) is 0.556. The maximum Gasteiger partial charge on any atom is 0.381 e. The Kier molecular flexibility index (Phi) is 2.80. The number of hydrogen-bond donors (Lipinski definition) is 1. The second kappa shape index (κ2) is 4.13. The number of ether oxygens (including phenoxy) is 1. The van der Waals surface area contributed by atoms with Crippen molar-refractivity contribution in [2.45, 2.75) is 18.4 Å². The van der Waals surface area contributed by atoms with Gasteiger partial charge in [0.05, 0.1) is 0 Å². The predicted octanol–water partition coefficient (Wildman–Crippen LogP) is 0.382. The standard InChI is InChI=1S/C9H11N3O5/c13-8(14)9(1-3-17-4-2-9)11-5-7(10-6-11)12(15)16/h5-6H,1-4H2,(H,13,14). The van der Waals surface area contributed by atoms with E-state index in [9.17, 15) is 20.0 Å². The maximum atomic E-state index is 11.4. The molecule has 0 bridgehead atoms. The van der Waals surface area contributed by atoms with Crippen LogP contribution in [0.5, 0.6) is 0 Å². The summed E-state index contributed by atoms with van der Waals surface area (Å²) in [5.41, 5.74) is -1.18. The molecular weight excluding hydrogens is 230 g/mol. The van der Waals surface area contributed by atoms with Crippen molar-refractivity contribution in [2.24, 2.45) is 0 Å². The number of carboxylic acids is 1. The molecule has 0 aliphatic carbocycles. The van der Waals surface area contributed by atoms with Crippen molar-refractivity contribution in [3.63, 3.8) is 0 Å². The molecule has 0 amide bonds. The summed E-state index contributed by atoms with van der Waals surface area (Å²) in [6, 6.07) is 0. The van der Waals surface area contributed by atoms with Gasteiger partial charge in [0.2, 0.25) is 6.33 Å². The van der Waals surface area contributed by atoms with Gasteiger partial charge in [0, 0.05) is 26.1 Å². The minimum absolute atomic E-state index is 0.274. The minimum Gasteiger partial charge on any atom is -0.479 e. The summed E-state index contributed by atoms with van der Waals surface area (Å²) < 4.78 is 6.42. The number of hydrogen-bond acceptors (Lipinski definition) is 5. The van der Waals surface area contributed by atoms with Crippen LogP contribution in [0.15, 0.2) is 12.5 Å². The van der Waals surface area contributed by atoms with Crippen LogP contribution in [-0.4, -0.2) is 38.8 Å². The van der Waals surface area contributed by atoms with Crippen molar-refractivity contribution in [2.75, 3.05) is 13.2 Å². The predicted molar refractivity (Wildman–Crippen MR) is 54.5 cm³/mol. The summed E-state index contributed by atoms with van der Waals surface area (Å²) in [6.45, 7) is 0.635. The summed E-state index contributed by atoms with van der Waals surface area (Å²) in [4.78, 5) is 24.8. The van der Waals surface area contributed by atoms with Crippen LogP contribution in [0.25, 0.3) is 0 Å². The van der Waals surface area contributed by atoms with E-state index in [2.05, 4.69) is 4.98 Å². The summed E-state index contributed by atoms with van der Waals surface area (Å²) >= 11 is 0. The molecule has 0 radical (unpaired) electrons. The van der Waals surface area contributed by atoms with Crippen molar-refractivity contribution in [1.29, 1.82) is 0 Å². The Labute approximate surface area is 96.0 Å². The van der Waals surface area contributed by atoms with E-state index in [1.54, 1.807) is 0 Å². The van der Waals surface area contributed by atoms with E-state index in [0.29, 0.717) is 13.2 Å². The Morgan fingerprint density at radius 2 is 2.24 bits per heavy atom. The highest BCUT2D eigenvalue weighted by molar-refractivity contribution is 5.77. The van der Waals surface area contributed by atoms with Crippen LogP contribution in [0, 0.1) is 10.1 Å². The largest absolute Gasteiger partial charge is 0.479 e. The molecule has 1 N–H and O–H groups in total. The summed E-state index contributed by atoms with van der Waals surface area (Å²) in [6.07, 6.45) is 2.89. The Hall–Kier alpha value is -1.96. The lowest BCUT2D eigenvalue weighted by atomic mass is 9.90. The molecule has 2 rings (SSSR count). The Morgan fingerprint density at radius 1 is 1.59 bits per heavy atom. The quantitative estimate of drug-likeness (QED) is 0.605. The number of nitro groups is 1. The van der Waals surface area contributed by atoms with E-state index in [0.717, 1.165) is 6.20 Å². The van der Waals surface area contributed by atoms with Gasteiger partial charge >= 0.3 is 11.8 Å². The van der Waals surface area contributed by atoms with Crippen LogP contribution in [0.3, 0.4) is 0 Å². The second-order valence-electron chi connectivity index (χ2n) is 3.85. The first-order valence-electron chi connectivity index (χ1n) is 5.06. The van der Waals surface area contributed by atoms with E-state index in [1.807, 2.05) is 0 Å². The summed E-state index contributed by atoms with van der Waals surface area (Å²) in [7, 11) is 0. The van der Waals surface area contributed by atoms with Crippen LogP contribution in [-0.2, 0) is 15.1 Å². The third kappa shape index (κ3) is 1.86. The molecule has 0 spiro atoms. The molecule has 8 heteroatoms. The Morgan fingerprint density at radius 3 is 2.71 bits per heavy atom. The van der Waals surface area contributed by atoms with Crippen LogP contribution in [0.4, 0.5) is 5.82 Å². The molecule has 1 saturated heterocycles. The van der Waals surface area contributed by atoms with Crippen LogP contribution in [0.2, 0.25) is 0 Å². The molecule has 1 fully saturated rings. The first-order valence-corrected chi connectivity index (χ1v) is 5.06. The monoisotopic (exact) mass is 241 g/mol. The highest BCUT2D eigenvalue weighted by atomic mass is 16.6.